The van der Waals surface area contributed by atoms with Crippen molar-refractivity contribution >= 4 is 75.0 Å². The first-order chi connectivity index (χ1) is 16.3. The molecule has 0 radical (unpaired) electrons. The van der Waals surface area contributed by atoms with Crippen molar-refractivity contribution in [3.05, 3.63) is 27.2 Å². The summed E-state index contributed by atoms with van der Waals surface area (Å²) < 4.78 is 3.95. The fraction of sp³-hybridized carbons (Fsp3) is 0.389. The molecule has 180 valence electrons. The Morgan fingerprint density at radius 3 is 2.91 bits per heavy atom. The normalized spacial score (nSPS) is 20.1. The van der Waals surface area contributed by atoms with Gasteiger partial charge in [0, 0.05) is 16.9 Å². The Balaban J connectivity index is 1.49. The van der Waals surface area contributed by atoms with E-state index in [0.717, 1.165) is 27.7 Å². The van der Waals surface area contributed by atoms with E-state index in [1.165, 1.54) is 47.1 Å². The minimum Gasteiger partial charge on any atom is -0.477 e. The van der Waals surface area contributed by atoms with Crippen LogP contribution in [0, 0.1) is 0 Å². The number of nitrogen functional groups attached to an aromatic ring is 1. The summed E-state index contributed by atoms with van der Waals surface area (Å²) >= 11 is 5.24. The Morgan fingerprint density at radius 1 is 1.47 bits per heavy atom. The number of hydrogen-bond acceptors (Lipinski definition) is 13. The Bertz CT molecular complexity index is 1190. The number of carboxylic acid groups (broad SMARTS) is 1. The second-order valence-corrected chi connectivity index (χ2v) is 10.8. The maximum atomic E-state index is 12.9. The molecule has 2 aliphatic rings. The Labute approximate surface area is 210 Å². The summed E-state index contributed by atoms with van der Waals surface area (Å²) in [6.07, 6.45) is 0.787. The number of thiazole rings is 1. The van der Waals surface area contributed by atoms with Crippen molar-refractivity contribution in [1.29, 1.82) is 0 Å². The zero-order valence-corrected chi connectivity index (χ0v) is 21.1. The van der Waals surface area contributed by atoms with Crippen LogP contribution in [0.5, 0.6) is 0 Å². The van der Waals surface area contributed by atoms with Gasteiger partial charge in [0.15, 0.2) is 10.8 Å². The molecule has 0 saturated carbocycles. The van der Waals surface area contributed by atoms with Gasteiger partial charge in [-0.05, 0) is 23.5 Å². The van der Waals surface area contributed by atoms with Crippen molar-refractivity contribution < 1.29 is 24.3 Å². The van der Waals surface area contributed by atoms with E-state index in [9.17, 15) is 19.5 Å². The van der Waals surface area contributed by atoms with Gasteiger partial charge in [-0.15, -0.1) is 28.2 Å². The predicted octanol–water partition coefficient (Wildman–Crippen LogP) is 1.02. The standard InChI is InChI=1S/C18H19N7O5S4/c1-3-9-14(22-24-34-9)31-4-7-5-32-16-11(15(27)25(16)12(7)17(28)29)21-13(26)10(23-30-2)8-6-33-18(19)20-8/h6,11,16H,3-5H2,1-2H3,(H2,19,20)(H,21,26)(H,28,29)/t11-,16-/m1/s1. The third kappa shape index (κ3) is 4.62. The lowest BCUT2D eigenvalue weighted by atomic mass is 10.0. The second-order valence-electron chi connectivity index (χ2n) is 6.96. The summed E-state index contributed by atoms with van der Waals surface area (Å²) in [6, 6.07) is -0.909. The minimum atomic E-state index is -1.19. The number of carbonyl (C=O) groups is 3. The number of hydrogen-bond donors (Lipinski definition) is 3. The number of aromatic nitrogens is 3. The van der Waals surface area contributed by atoms with Crippen LogP contribution in [0.3, 0.4) is 0 Å². The highest BCUT2D eigenvalue weighted by atomic mass is 32.2. The number of nitrogens with two attached hydrogens (primary N) is 1. The molecule has 2 aromatic heterocycles. The fourth-order valence-electron chi connectivity index (χ4n) is 3.38. The largest absolute Gasteiger partial charge is 0.477 e. The van der Waals surface area contributed by atoms with Crippen LogP contribution in [0.1, 0.15) is 17.5 Å². The first-order valence-electron chi connectivity index (χ1n) is 9.83. The van der Waals surface area contributed by atoms with E-state index in [2.05, 4.69) is 25.0 Å². The Morgan fingerprint density at radius 2 is 2.26 bits per heavy atom. The zero-order valence-electron chi connectivity index (χ0n) is 17.9. The van der Waals surface area contributed by atoms with Gasteiger partial charge in [0.05, 0.1) is 4.88 Å². The Kier molecular flexibility index (Phi) is 7.39. The van der Waals surface area contributed by atoms with Gasteiger partial charge in [-0.25, -0.2) is 9.78 Å². The summed E-state index contributed by atoms with van der Waals surface area (Å²) in [4.78, 5) is 48.8. The average Bonchev–Trinajstić information content (AvgIpc) is 3.46. The number of nitrogens with zero attached hydrogens (tertiary/aromatic N) is 5. The molecule has 0 unspecified atom stereocenters. The number of β-lactam (4-membered cyclic amide) rings is 1. The number of anilines is 1. The lowest BCUT2D eigenvalue weighted by Crippen LogP contribution is -2.71. The predicted molar refractivity (Wildman–Crippen MR) is 130 cm³/mol. The van der Waals surface area contributed by atoms with Crippen molar-refractivity contribution in [2.75, 3.05) is 24.3 Å². The number of aliphatic carboxylic acids is 1. The molecule has 12 nitrogen and oxygen atoms in total. The fourth-order valence-corrected chi connectivity index (χ4v) is 7.16. The number of carboxylic acids is 1. The van der Waals surface area contributed by atoms with E-state index in [1.807, 2.05) is 6.92 Å². The smallest absolute Gasteiger partial charge is 0.352 e. The van der Waals surface area contributed by atoms with Gasteiger partial charge in [-0.3, -0.25) is 14.5 Å². The highest BCUT2D eigenvalue weighted by Gasteiger charge is 2.54. The van der Waals surface area contributed by atoms with E-state index in [-0.39, 0.29) is 22.2 Å². The summed E-state index contributed by atoms with van der Waals surface area (Å²) in [5, 5.41) is 22.3. The molecule has 0 bridgehead atoms. The van der Waals surface area contributed by atoms with E-state index in [1.54, 1.807) is 5.38 Å². The minimum absolute atomic E-state index is 0.0500. The Hall–Kier alpha value is -2.69. The summed E-state index contributed by atoms with van der Waals surface area (Å²) in [5.41, 5.74) is 6.29. The van der Waals surface area contributed by atoms with Crippen molar-refractivity contribution in [1.82, 2.24) is 24.8 Å². The van der Waals surface area contributed by atoms with Gasteiger partial charge >= 0.3 is 5.97 Å². The third-order valence-electron chi connectivity index (χ3n) is 4.92. The molecule has 2 aliphatic heterocycles. The summed E-state index contributed by atoms with van der Waals surface area (Å²) in [6.45, 7) is 2.00. The molecule has 0 spiro atoms. The van der Waals surface area contributed by atoms with E-state index < -0.39 is 29.2 Å². The molecule has 2 atom stereocenters. The third-order valence-corrected chi connectivity index (χ3v) is 9.03. The molecule has 1 fully saturated rings. The molecule has 16 heteroatoms. The first-order valence-corrected chi connectivity index (χ1v) is 13.5. The van der Waals surface area contributed by atoms with Gasteiger partial charge < -0.3 is 21.0 Å². The lowest BCUT2D eigenvalue weighted by molar-refractivity contribution is -0.150. The number of carbonyl (C=O) groups excluding carboxylic acids is 2. The number of rotatable bonds is 9. The van der Waals surface area contributed by atoms with E-state index >= 15 is 0 Å². The van der Waals surface area contributed by atoms with Gasteiger partial charge in [0.2, 0.25) is 0 Å². The van der Waals surface area contributed by atoms with Crippen LogP contribution in [0.25, 0.3) is 0 Å². The lowest BCUT2D eigenvalue weighted by Gasteiger charge is -2.49. The maximum Gasteiger partial charge on any atom is 0.352 e. The monoisotopic (exact) mass is 541 g/mol. The van der Waals surface area contributed by atoms with Crippen LogP contribution in [-0.2, 0) is 25.6 Å². The van der Waals surface area contributed by atoms with Gasteiger partial charge in [0.1, 0.15) is 34.9 Å². The molecule has 2 aromatic rings. The molecular formula is C18H19N7O5S4. The van der Waals surface area contributed by atoms with Crippen molar-refractivity contribution in [2.45, 2.75) is 29.8 Å². The summed E-state index contributed by atoms with van der Waals surface area (Å²) in [7, 11) is 1.28. The SMILES string of the molecule is CCc1snnc1SCC1=C(C(=O)O)N2C(=O)[C@@H](NC(=O)C(=NOC)c3csc(N)n3)[C@H]2SC1. The van der Waals surface area contributed by atoms with Crippen LogP contribution in [0.2, 0.25) is 0 Å². The van der Waals surface area contributed by atoms with Crippen LogP contribution >= 0.6 is 46.4 Å². The molecule has 4 rings (SSSR count). The molecule has 34 heavy (non-hydrogen) atoms. The molecule has 4 N–H and O–H groups in total. The van der Waals surface area contributed by atoms with Crippen LogP contribution < -0.4 is 11.1 Å². The number of fused-ring (bicyclic) bond motifs is 1. The topological polar surface area (TPSA) is 173 Å². The highest BCUT2D eigenvalue weighted by Crippen LogP contribution is 2.41. The van der Waals surface area contributed by atoms with Gasteiger partial charge in [0.25, 0.3) is 11.8 Å². The second kappa shape index (κ2) is 10.3. The number of aryl methyl sites for hydroxylation is 1. The molecule has 4 heterocycles. The van der Waals surface area contributed by atoms with Crippen LogP contribution in [0.15, 0.2) is 26.8 Å². The molecule has 1 saturated heterocycles. The van der Waals surface area contributed by atoms with Crippen molar-refractivity contribution in [2.24, 2.45) is 5.16 Å². The van der Waals surface area contributed by atoms with E-state index in [4.69, 9.17) is 10.6 Å². The average molecular weight is 542 g/mol. The van der Waals surface area contributed by atoms with Crippen LogP contribution in [-0.4, -0.2) is 78.1 Å². The molecular weight excluding hydrogens is 523 g/mol. The molecule has 0 aromatic carbocycles. The number of thioether (sulfide) groups is 2. The maximum absolute atomic E-state index is 12.9. The number of amides is 2. The quantitative estimate of drug-likeness (QED) is 0.179. The molecule has 0 aliphatic carbocycles. The van der Waals surface area contributed by atoms with Crippen LogP contribution in [0.4, 0.5) is 5.13 Å². The summed E-state index contributed by atoms with van der Waals surface area (Å²) in [5.74, 6) is -1.60. The number of nitrogens with one attached hydrogen (secondary N) is 1. The zero-order chi connectivity index (χ0) is 24.4. The van der Waals surface area contributed by atoms with Crippen molar-refractivity contribution in [3.8, 4) is 0 Å². The van der Waals surface area contributed by atoms with E-state index in [0.29, 0.717) is 17.1 Å². The van der Waals surface area contributed by atoms with Gasteiger partial charge in [-0.1, -0.05) is 28.3 Å². The van der Waals surface area contributed by atoms with Crippen molar-refractivity contribution in [3.63, 3.8) is 0 Å². The van der Waals surface area contributed by atoms with Gasteiger partial charge in [-0.2, -0.15) is 0 Å². The first kappa shape index (κ1) is 24.4. The molecule has 2 amide bonds. The highest BCUT2D eigenvalue weighted by molar-refractivity contribution is 8.01. The number of oxime groups is 1.